The highest BCUT2D eigenvalue weighted by Crippen LogP contribution is 2.25. The van der Waals surface area contributed by atoms with Crippen molar-refractivity contribution in [2.75, 3.05) is 0 Å². The molecular formula is C13H6ClF2NO3S. The molecule has 0 saturated heterocycles. The molecule has 0 aliphatic heterocycles. The van der Waals surface area contributed by atoms with Crippen molar-refractivity contribution in [1.82, 2.24) is 0 Å². The number of benzene rings is 2. The Bertz CT molecular complexity index is 847. The van der Waals surface area contributed by atoms with Crippen molar-refractivity contribution < 1.29 is 21.4 Å². The molecule has 2 aromatic carbocycles. The predicted octanol–water partition coefficient (Wildman–Crippen LogP) is 3.26. The lowest BCUT2D eigenvalue weighted by atomic mass is 10.2. The zero-order valence-corrected chi connectivity index (χ0v) is 11.8. The molecule has 0 aliphatic carbocycles. The average Bonchev–Trinajstić information content (AvgIpc) is 2.42. The van der Waals surface area contributed by atoms with E-state index < -0.39 is 27.5 Å². The fourth-order valence-electron chi connectivity index (χ4n) is 1.45. The first-order valence-corrected chi connectivity index (χ1v) is 7.21. The third kappa shape index (κ3) is 3.29. The smallest absolute Gasteiger partial charge is 0.339 e. The lowest BCUT2D eigenvalue weighted by Crippen LogP contribution is -2.11. The van der Waals surface area contributed by atoms with Crippen molar-refractivity contribution in [3.05, 3.63) is 58.6 Å². The topological polar surface area (TPSA) is 67.2 Å². The van der Waals surface area contributed by atoms with Gasteiger partial charge in [-0.3, -0.25) is 0 Å². The van der Waals surface area contributed by atoms with Crippen LogP contribution in [0.1, 0.15) is 5.56 Å². The molecule has 0 heterocycles. The number of nitriles is 1. The normalized spacial score (nSPS) is 11.0. The van der Waals surface area contributed by atoms with Crippen molar-refractivity contribution in [1.29, 1.82) is 5.26 Å². The van der Waals surface area contributed by atoms with Gasteiger partial charge in [-0.15, -0.1) is 0 Å². The monoisotopic (exact) mass is 329 g/mol. The average molecular weight is 330 g/mol. The van der Waals surface area contributed by atoms with Gasteiger partial charge in [-0.1, -0.05) is 11.6 Å². The second-order valence-electron chi connectivity index (χ2n) is 3.87. The van der Waals surface area contributed by atoms with Gasteiger partial charge in [-0.05, 0) is 30.3 Å². The molecule has 108 valence electrons. The third-order valence-electron chi connectivity index (χ3n) is 2.44. The Balaban J connectivity index is 2.39. The summed E-state index contributed by atoms with van der Waals surface area (Å²) in [6, 6.07) is 7.29. The Morgan fingerprint density at radius 2 is 1.86 bits per heavy atom. The number of nitrogens with zero attached hydrogens (tertiary/aromatic N) is 1. The van der Waals surface area contributed by atoms with Gasteiger partial charge in [0.1, 0.15) is 16.8 Å². The first kappa shape index (κ1) is 15.2. The first-order chi connectivity index (χ1) is 9.83. The van der Waals surface area contributed by atoms with Crippen molar-refractivity contribution in [2.45, 2.75) is 4.90 Å². The van der Waals surface area contributed by atoms with Crippen LogP contribution >= 0.6 is 11.6 Å². The van der Waals surface area contributed by atoms with Gasteiger partial charge < -0.3 is 4.18 Å². The van der Waals surface area contributed by atoms with E-state index in [1.54, 1.807) is 6.07 Å². The summed E-state index contributed by atoms with van der Waals surface area (Å²) in [5.41, 5.74) is 0.0866. The maximum atomic E-state index is 13.4. The van der Waals surface area contributed by atoms with Crippen LogP contribution in [0, 0.1) is 23.0 Å². The molecule has 8 heteroatoms. The SMILES string of the molecule is N#Cc1ccc(S(=O)(=O)Oc2ccc(F)cc2F)cc1Cl. The minimum Gasteiger partial charge on any atom is -0.376 e. The molecule has 0 radical (unpaired) electrons. The quantitative estimate of drug-likeness (QED) is 0.811. The lowest BCUT2D eigenvalue weighted by Gasteiger charge is -2.08. The maximum absolute atomic E-state index is 13.4. The molecule has 4 nitrogen and oxygen atoms in total. The Hall–Kier alpha value is -2.17. The van der Waals surface area contributed by atoms with Gasteiger partial charge in [0.15, 0.2) is 11.6 Å². The summed E-state index contributed by atoms with van der Waals surface area (Å²) in [5.74, 6) is -2.66. The molecule has 0 aromatic heterocycles. The molecule has 0 unspecified atom stereocenters. The second-order valence-corrected chi connectivity index (χ2v) is 5.82. The van der Waals surface area contributed by atoms with E-state index in [2.05, 4.69) is 4.18 Å². The summed E-state index contributed by atoms with van der Waals surface area (Å²) in [6.45, 7) is 0. The van der Waals surface area contributed by atoms with Gasteiger partial charge in [0.05, 0.1) is 10.6 Å². The minimum absolute atomic E-state index is 0.0817. The highest BCUT2D eigenvalue weighted by molar-refractivity contribution is 7.87. The first-order valence-electron chi connectivity index (χ1n) is 5.42. The number of hydrogen-bond donors (Lipinski definition) is 0. The number of rotatable bonds is 3. The summed E-state index contributed by atoms with van der Waals surface area (Å²) in [6.07, 6.45) is 0. The fraction of sp³-hybridized carbons (Fsp3) is 0. The summed E-state index contributed by atoms with van der Waals surface area (Å²) in [4.78, 5) is -0.352. The summed E-state index contributed by atoms with van der Waals surface area (Å²) >= 11 is 5.72. The number of hydrogen-bond acceptors (Lipinski definition) is 4. The van der Waals surface area contributed by atoms with Crippen LogP contribution in [-0.2, 0) is 10.1 Å². The Labute approximate surface area is 124 Å². The van der Waals surface area contributed by atoms with Crippen LogP contribution in [0.4, 0.5) is 8.78 Å². The van der Waals surface area contributed by atoms with E-state index in [4.69, 9.17) is 16.9 Å². The van der Waals surface area contributed by atoms with Crippen LogP contribution < -0.4 is 4.18 Å². The molecule has 0 spiro atoms. The van der Waals surface area contributed by atoms with Gasteiger partial charge in [0, 0.05) is 6.07 Å². The molecular weight excluding hydrogens is 324 g/mol. The van der Waals surface area contributed by atoms with Crippen molar-refractivity contribution in [3.63, 3.8) is 0 Å². The minimum atomic E-state index is -4.35. The molecule has 0 N–H and O–H groups in total. The molecule has 0 fully saturated rings. The molecule has 0 amide bonds. The van der Waals surface area contributed by atoms with Crippen LogP contribution in [-0.4, -0.2) is 8.42 Å². The second kappa shape index (κ2) is 5.68. The van der Waals surface area contributed by atoms with Crippen LogP contribution in [0.15, 0.2) is 41.3 Å². The highest BCUT2D eigenvalue weighted by atomic mass is 35.5. The summed E-state index contributed by atoms with van der Waals surface area (Å²) in [7, 11) is -4.35. The van der Waals surface area contributed by atoms with Crippen molar-refractivity contribution in [2.24, 2.45) is 0 Å². The molecule has 0 atom stereocenters. The molecule has 2 rings (SSSR count). The zero-order chi connectivity index (χ0) is 15.6. The molecule has 0 saturated carbocycles. The van der Waals surface area contributed by atoms with Gasteiger partial charge in [-0.25, -0.2) is 8.78 Å². The molecule has 0 bridgehead atoms. The van der Waals surface area contributed by atoms with Crippen LogP contribution in [0.5, 0.6) is 5.75 Å². The fourth-order valence-corrected chi connectivity index (χ4v) is 2.70. The summed E-state index contributed by atoms with van der Waals surface area (Å²) in [5, 5.41) is 8.63. The standard InChI is InChI=1S/C13H6ClF2NO3S/c14-11-6-10(3-1-8(11)7-17)21(18,19)20-13-4-2-9(15)5-12(13)16/h1-6H. The van der Waals surface area contributed by atoms with Gasteiger partial charge in [-0.2, -0.15) is 13.7 Å². The largest absolute Gasteiger partial charge is 0.376 e. The van der Waals surface area contributed by atoms with Gasteiger partial charge in [0.25, 0.3) is 0 Å². The zero-order valence-electron chi connectivity index (χ0n) is 10.2. The molecule has 2 aromatic rings. The van der Waals surface area contributed by atoms with E-state index in [9.17, 15) is 17.2 Å². The van der Waals surface area contributed by atoms with Crippen molar-refractivity contribution >= 4 is 21.7 Å². The Morgan fingerprint density at radius 3 is 2.43 bits per heavy atom. The van der Waals surface area contributed by atoms with E-state index in [0.717, 1.165) is 24.3 Å². The number of halogens is 3. The van der Waals surface area contributed by atoms with Crippen LogP contribution in [0.25, 0.3) is 0 Å². The van der Waals surface area contributed by atoms with E-state index in [0.29, 0.717) is 6.07 Å². The van der Waals surface area contributed by atoms with Crippen LogP contribution in [0.3, 0.4) is 0 Å². The molecule has 21 heavy (non-hydrogen) atoms. The van der Waals surface area contributed by atoms with Gasteiger partial charge >= 0.3 is 10.1 Å². The third-order valence-corrected chi connectivity index (χ3v) is 3.99. The highest BCUT2D eigenvalue weighted by Gasteiger charge is 2.20. The molecule has 0 aliphatic rings. The van der Waals surface area contributed by atoms with E-state index >= 15 is 0 Å². The van der Waals surface area contributed by atoms with Crippen LogP contribution in [0.2, 0.25) is 5.02 Å². The summed E-state index contributed by atoms with van der Waals surface area (Å²) < 4.78 is 54.7. The predicted molar refractivity (Wildman–Crippen MR) is 70.3 cm³/mol. The van der Waals surface area contributed by atoms with E-state index in [1.807, 2.05) is 0 Å². The Kier molecular flexibility index (Phi) is 4.11. The van der Waals surface area contributed by atoms with E-state index in [-0.39, 0.29) is 15.5 Å². The lowest BCUT2D eigenvalue weighted by molar-refractivity contribution is 0.457. The Morgan fingerprint density at radius 1 is 1.14 bits per heavy atom. The van der Waals surface area contributed by atoms with Gasteiger partial charge in [0.2, 0.25) is 0 Å². The van der Waals surface area contributed by atoms with Crippen molar-refractivity contribution in [3.8, 4) is 11.8 Å². The van der Waals surface area contributed by atoms with E-state index in [1.165, 1.54) is 6.07 Å². The maximum Gasteiger partial charge on any atom is 0.339 e.